The molecule has 1 fully saturated rings. The van der Waals surface area contributed by atoms with E-state index in [1.54, 1.807) is 18.2 Å². The number of hydrogen-bond donors (Lipinski definition) is 1. The fourth-order valence-electron chi connectivity index (χ4n) is 3.88. The minimum absolute atomic E-state index is 0.0571. The maximum absolute atomic E-state index is 13.1. The van der Waals surface area contributed by atoms with Gasteiger partial charge in [-0.2, -0.15) is 0 Å². The maximum Gasteiger partial charge on any atom is 0.295 e. The molecule has 1 amide bonds. The average molecular weight is 494 g/mol. The van der Waals surface area contributed by atoms with E-state index < -0.39 is 17.7 Å². The minimum atomic E-state index is -0.824. The quantitative estimate of drug-likeness (QED) is 0.307. The fourth-order valence-corrected chi connectivity index (χ4v) is 4.52. The third-order valence-electron chi connectivity index (χ3n) is 5.28. The maximum atomic E-state index is 13.1. The molecule has 9 heteroatoms. The van der Waals surface area contributed by atoms with Crippen molar-refractivity contribution in [1.82, 2.24) is 4.90 Å². The van der Waals surface area contributed by atoms with Gasteiger partial charge in [0.05, 0.1) is 42.5 Å². The predicted molar refractivity (Wildman–Crippen MR) is 126 cm³/mol. The number of Topliss-reactive ketones (excluding diaryl/α,β-unsaturated/α-hetero) is 1. The second-order valence-corrected chi connectivity index (χ2v) is 8.12. The molecular formula is C24H25Cl2NO6. The van der Waals surface area contributed by atoms with E-state index in [-0.39, 0.29) is 32.7 Å². The molecule has 1 saturated heterocycles. The van der Waals surface area contributed by atoms with Crippen molar-refractivity contribution in [1.29, 1.82) is 0 Å². The number of methoxy groups -OCH3 is 2. The molecular weight excluding hydrogens is 469 g/mol. The minimum Gasteiger partial charge on any atom is -0.507 e. The second-order valence-electron chi connectivity index (χ2n) is 7.31. The summed E-state index contributed by atoms with van der Waals surface area (Å²) >= 11 is 12.5. The predicted octanol–water partition coefficient (Wildman–Crippen LogP) is 5.24. The number of aliphatic hydroxyl groups excluding tert-OH is 1. The van der Waals surface area contributed by atoms with E-state index in [2.05, 4.69) is 0 Å². The Balaban J connectivity index is 2.23. The van der Waals surface area contributed by atoms with Gasteiger partial charge in [0, 0.05) is 12.1 Å². The normalized spacial score (nSPS) is 17.4. The first-order chi connectivity index (χ1) is 15.8. The number of ketones is 1. The van der Waals surface area contributed by atoms with Crippen LogP contribution in [0.3, 0.4) is 0 Å². The van der Waals surface area contributed by atoms with E-state index in [0.717, 1.165) is 0 Å². The zero-order chi connectivity index (χ0) is 24.3. The van der Waals surface area contributed by atoms with Crippen LogP contribution in [0.5, 0.6) is 17.2 Å². The molecule has 1 unspecified atom stereocenters. The number of amides is 1. The van der Waals surface area contributed by atoms with Gasteiger partial charge < -0.3 is 24.2 Å². The Morgan fingerprint density at radius 3 is 2.24 bits per heavy atom. The topological polar surface area (TPSA) is 85.3 Å². The van der Waals surface area contributed by atoms with Crippen LogP contribution in [0.2, 0.25) is 10.0 Å². The molecule has 0 saturated carbocycles. The highest BCUT2D eigenvalue weighted by Gasteiger charge is 2.46. The Morgan fingerprint density at radius 2 is 1.70 bits per heavy atom. The largest absolute Gasteiger partial charge is 0.507 e. The van der Waals surface area contributed by atoms with Crippen LogP contribution in [0.4, 0.5) is 0 Å². The smallest absolute Gasteiger partial charge is 0.295 e. The third kappa shape index (κ3) is 4.61. The van der Waals surface area contributed by atoms with Gasteiger partial charge in [-0.25, -0.2) is 0 Å². The Kier molecular flexibility index (Phi) is 7.76. The highest BCUT2D eigenvalue weighted by Crippen LogP contribution is 2.43. The highest BCUT2D eigenvalue weighted by molar-refractivity contribution is 6.46. The van der Waals surface area contributed by atoms with E-state index in [4.69, 9.17) is 37.4 Å². The van der Waals surface area contributed by atoms with Crippen molar-refractivity contribution in [3.05, 3.63) is 57.1 Å². The SMILES string of the molecule is CCCN1C(=O)C(=O)/C(=C(/O)c2cc(Cl)c(OC)c(Cl)c2)C1c1ccc(OC)c(OCC)c1. The molecule has 0 aromatic heterocycles. The number of hydrogen-bond acceptors (Lipinski definition) is 6. The Labute approximate surface area is 202 Å². The second kappa shape index (κ2) is 10.4. The molecule has 1 aliphatic heterocycles. The fraction of sp³-hybridized carbons (Fsp3) is 0.333. The first-order valence-corrected chi connectivity index (χ1v) is 11.2. The van der Waals surface area contributed by atoms with E-state index in [1.165, 1.54) is 31.3 Å². The van der Waals surface area contributed by atoms with Crippen LogP contribution in [-0.2, 0) is 9.59 Å². The molecule has 3 rings (SSSR count). The molecule has 2 aromatic carbocycles. The van der Waals surface area contributed by atoms with Crippen LogP contribution < -0.4 is 14.2 Å². The van der Waals surface area contributed by atoms with E-state index in [0.29, 0.717) is 36.6 Å². The summed E-state index contributed by atoms with van der Waals surface area (Å²) < 4.78 is 16.2. The Morgan fingerprint density at radius 1 is 1.03 bits per heavy atom. The molecule has 1 atom stereocenters. The summed E-state index contributed by atoms with van der Waals surface area (Å²) in [6.45, 7) is 4.47. The van der Waals surface area contributed by atoms with Crippen molar-refractivity contribution in [3.8, 4) is 17.2 Å². The molecule has 1 N–H and O–H groups in total. The molecule has 33 heavy (non-hydrogen) atoms. The summed E-state index contributed by atoms with van der Waals surface area (Å²) in [6.07, 6.45) is 0.623. The van der Waals surface area contributed by atoms with Crippen molar-refractivity contribution >= 4 is 40.7 Å². The third-order valence-corrected chi connectivity index (χ3v) is 5.85. The molecule has 0 radical (unpaired) electrons. The monoisotopic (exact) mass is 493 g/mol. The van der Waals surface area contributed by atoms with Gasteiger partial charge in [0.1, 0.15) is 5.76 Å². The van der Waals surface area contributed by atoms with Gasteiger partial charge >= 0.3 is 0 Å². The number of carbonyl (C=O) groups is 2. The lowest BCUT2D eigenvalue weighted by Crippen LogP contribution is -2.30. The average Bonchev–Trinajstić information content (AvgIpc) is 3.04. The molecule has 2 aromatic rings. The summed E-state index contributed by atoms with van der Waals surface area (Å²) in [5.41, 5.74) is 0.737. The van der Waals surface area contributed by atoms with Gasteiger partial charge in [0.25, 0.3) is 11.7 Å². The van der Waals surface area contributed by atoms with Gasteiger partial charge in [-0.3, -0.25) is 9.59 Å². The lowest BCUT2D eigenvalue weighted by Gasteiger charge is -2.25. The van der Waals surface area contributed by atoms with Crippen molar-refractivity contribution in [2.45, 2.75) is 26.3 Å². The van der Waals surface area contributed by atoms with Crippen LogP contribution in [0, 0.1) is 0 Å². The number of aliphatic hydroxyl groups is 1. The van der Waals surface area contributed by atoms with E-state index in [1.807, 2.05) is 13.8 Å². The van der Waals surface area contributed by atoms with Gasteiger partial charge in [-0.05, 0) is 43.2 Å². The van der Waals surface area contributed by atoms with Gasteiger partial charge in [0.15, 0.2) is 17.2 Å². The number of halogens is 2. The van der Waals surface area contributed by atoms with Crippen molar-refractivity contribution in [2.75, 3.05) is 27.4 Å². The first kappa shape index (κ1) is 24.7. The van der Waals surface area contributed by atoms with Crippen LogP contribution in [0.15, 0.2) is 35.9 Å². The van der Waals surface area contributed by atoms with E-state index in [9.17, 15) is 14.7 Å². The number of likely N-dealkylation sites (tertiary alicyclic amines) is 1. The summed E-state index contributed by atoms with van der Waals surface area (Å²) in [4.78, 5) is 27.4. The number of ether oxygens (including phenoxy) is 3. The summed E-state index contributed by atoms with van der Waals surface area (Å²) in [5.74, 6) is -0.630. The number of nitrogens with zero attached hydrogens (tertiary/aromatic N) is 1. The number of carbonyl (C=O) groups excluding carboxylic acids is 2. The lowest BCUT2D eigenvalue weighted by molar-refractivity contribution is -0.139. The molecule has 0 spiro atoms. The van der Waals surface area contributed by atoms with Gasteiger partial charge in [-0.1, -0.05) is 36.2 Å². The Hall–Kier alpha value is -2.90. The number of benzene rings is 2. The van der Waals surface area contributed by atoms with Crippen LogP contribution in [0.1, 0.15) is 37.4 Å². The molecule has 1 heterocycles. The molecule has 0 aliphatic carbocycles. The summed E-state index contributed by atoms with van der Waals surface area (Å²) in [6, 6.07) is 7.20. The van der Waals surface area contributed by atoms with Crippen LogP contribution in [-0.4, -0.2) is 49.1 Å². The summed E-state index contributed by atoms with van der Waals surface area (Å²) in [7, 11) is 2.94. The highest BCUT2D eigenvalue weighted by atomic mass is 35.5. The molecule has 176 valence electrons. The van der Waals surface area contributed by atoms with Crippen LogP contribution in [0.25, 0.3) is 5.76 Å². The van der Waals surface area contributed by atoms with Crippen molar-refractivity contribution < 1.29 is 28.9 Å². The lowest BCUT2D eigenvalue weighted by atomic mass is 9.95. The number of rotatable bonds is 8. The van der Waals surface area contributed by atoms with Crippen molar-refractivity contribution in [3.63, 3.8) is 0 Å². The first-order valence-electron chi connectivity index (χ1n) is 10.4. The zero-order valence-electron chi connectivity index (χ0n) is 18.8. The standard InChI is InChI=1S/C24H25Cl2NO6/c1-5-9-27-20(13-7-8-17(31-3)18(12-13)33-6-2)19(22(29)24(27)30)21(28)14-10-15(25)23(32-4)16(26)11-14/h7-8,10-12,20,28H,5-6,9H2,1-4H3/b21-19+. The molecule has 7 nitrogen and oxygen atoms in total. The molecule has 1 aliphatic rings. The summed E-state index contributed by atoms with van der Waals surface area (Å²) in [5, 5.41) is 11.5. The van der Waals surface area contributed by atoms with E-state index >= 15 is 0 Å². The van der Waals surface area contributed by atoms with Gasteiger partial charge in [0.2, 0.25) is 0 Å². The van der Waals surface area contributed by atoms with Crippen LogP contribution >= 0.6 is 23.2 Å². The molecule has 0 bridgehead atoms. The zero-order valence-corrected chi connectivity index (χ0v) is 20.3. The Bertz CT molecular complexity index is 1090. The van der Waals surface area contributed by atoms with Crippen molar-refractivity contribution in [2.24, 2.45) is 0 Å². The van der Waals surface area contributed by atoms with Gasteiger partial charge in [-0.15, -0.1) is 0 Å².